The molecule has 0 amide bonds. The summed E-state index contributed by atoms with van der Waals surface area (Å²) in [4.78, 5) is 17.6. The lowest BCUT2D eigenvalue weighted by Crippen LogP contribution is -3.61. The van der Waals surface area contributed by atoms with Crippen LogP contribution in [0.25, 0.3) is 0 Å². The first-order valence-electron chi connectivity index (χ1n) is 10.8. The molecule has 0 unspecified atom stereocenters. The highest BCUT2D eigenvalue weighted by atomic mass is 127. The SMILES string of the molecule is CCCc1ccc([I+]c2ccc(CCC)cc2)cc1.O=[N+]([O-])c1cc([N+](=O)[O-])cc(S(=O)(=O)[O-])c1. The largest absolute Gasteiger partial charge is 0.744 e. The molecule has 0 aliphatic carbocycles. The van der Waals surface area contributed by atoms with Crippen molar-refractivity contribution >= 4 is 21.5 Å². The molecule has 0 saturated heterocycles. The van der Waals surface area contributed by atoms with E-state index in [1.807, 2.05) is 0 Å². The van der Waals surface area contributed by atoms with Gasteiger partial charge < -0.3 is 4.55 Å². The van der Waals surface area contributed by atoms with Crippen molar-refractivity contribution in [2.45, 2.75) is 44.4 Å². The van der Waals surface area contributed by atoms with Gasteiger partial charge in [-0.15, -0.1) is 0 Å². The highest BCUT2D eigenvalue weighted by Crippen LogP contribution is 2.25. The van der Waals surface area contributed by atoms with Crippen molar-refractivity contribution < 1.29 is 44.0 Å². The molecule has 0 atom stereocenters. The van der Waals surface area contributed by atoms with Crippen LogP contribution >= 0.6 is 0 Å². The lowest BCUT2D eigenvalue weighted by molar-refractivity contribution is -0.597. The van der Waals surface area contributed by atoms with Crippen LogP contribution in [0.5, 0.6) is 0 Å². The van der Waals surface area contributed by atoms with E-state index < -0.39 is 36.2 Å². The molecule has 35 heavy (non-hydrogen) atoms. The summed E-state index contributed by atoms with van der Waals surface area (Å²) in [6.07, 6.45) is 4.86. The van der Waals surface area contributed by atoms with Gasteiger partial charge in [-0.2, -0.15) is 0 Å². The van der Waals surface area contributed by atoms with E-state index in [0.717, 1.165) is 0 Å². The number of halogens is 1. The van der Waals surface area contributed by atoms with Gasteiger partial charge >= 0.3 is 21.2 Å². The van der Waals surface area contributed by atoms with E-state index in [1.165, 1.54) is 44.0 Å². The Balaban J connectivity index is 0.000000251. The number of non-ortho nitro benzene ring substituents is 2. The van der Waals surface area contributed by atoms with Crippen molar-refractivity contribution in [3.05, 3.63) is 105 Å². The number of nitro benzene ring substituents is 2. The van der Waals surface area contributed by atoms with E-state index in [-0.39, 0.29) is 21.2 Å². The molecule has 0 aromatic heterocycles. The Morgan fingerprint density at radius 1 is 0.714 bits per heavy atom. The smallest absolute Gasteiger partial charge is 0.357 e. The van der Waals surface area contributed by atoms with Crippen molar-refractivity contribution in [1.29, 1.82) is 0 Å². The fourth-order valence-corrected chi connectivity index (χ4v) is 5.74. The molecule has 0 aliphatic rings. The van der Waals surface area contributed by atoms with Crippen molar-refractivity contribution in [2.24, 2.45) is 0 Å². The third-order valence-electron chi connectivity index (χ3n) is 4.71. The number of hydrogen-bond donors (Lipinski definition) is 0. The van der Waals surface area contributed by atoms with Gasteiger partial charge in [-0.1, -0.05) is 51.0 Å². The highest BCUT2D eigenvalue weighted by molar-refractivity contribution is 7.85. The van der Waals surface area contributed by atoms with Crippen LogP contribution in [0, 0.1) is 27.4 Å². The Morgan fingerprint density at radius 2 is 1.09 bits per heavy atom. The van der Waals surface area contributed by atoms with Crippen LogP contribution in [-0.2, 0) is 23.0 Å². The molecule has 3 rings (SSSR count). The van der Waals surface area contributed by atoms with E-state index in [2.05, 4.69) is 62.4 Å². The summed E-state index contributed by atoms with van der Waals surface area (Å²) in [6, 6.07) is 20.0. The predicted octanol–water partition coefficient (Wildman–Crippen LogP) is 2.13. The fraction of sp³-hybridized carbons (Fsp3) is 0.250. The third-order valence-corrected chi connectivity index (χ3v) is 8.21. The Kier molecular flexibility index (Phi) is 10.7. The molecule has 0 N–H and O–H groups in total. The molecule has 0 spiro atoms. The third kappa shape index (κ3) is 9.34. The molecule has 0 radical (unpaired) electrons. The molecule has 9 nitrogen and oxygen atoms in total. The fourth-order valence-electron chi connectivity index (χ4n) is 3.05. The van der Waals surface area contributed by atoms with E-state index in [0.29, 0.717) is 18.2 Å². The average Bonchev–Trinajstić information content (AvgIpc) is 2.81. The molecular weight excluding hydrogens is 587 g/mol. The van der Waals surface area contributed by atoms with E-state index >= 15 is 0 Å². The lowest BCUT2D eigenvalue weighted by atomic mass is 10.1. The Bertz CT molecular complexity index is 1180. The van der Waals surface area contributed by atoms with Gasteiger partial charge in [0.2, 0.25) is 0 Å². The molecule has 3 aromatic rings. The standard InChI is InChI=1S/C18H22I.C6H4N2O7S/c1-3-5-15-7-11-17(12-8-15)19-18-13-9-16(6-4-2)10-14-18;9-7(10)4-1-5(8(11)12)3-6(2-4)16(13,14)15/h7-14H,3-6H2,1-2H3;1-3H,(H,13,14,15)/q+1;/p-1. The maximum atomic E-state index is 10.6. The molecule has 11 heteroatoms. The van der Waals surface area contributed by atoms with Gasteiger partial charge in [-0.05, 0) is 48.2 Å². The average molecular weight is 612 g/mol. The topological polar surface area (TPSA) is 143 Å². The number of nitrogens with zero attached hydrogens (tertiary/aromatic N) is 2. The van der Waals surface area contributed by atoms with Gasteiger partial charge in [0.1, 0.15) is 10.1 Å². The monoisotopic (exact) mass is 612 g/mol. The van der Waals surface area contributed by atoms with Crippen LogP contribution in [0.2, 0.25) is 0 Å². The number of benzene rings is 3. The molecule has 186 valence electrons. The van der Waals surface area contributed by atoms with Crippen LogP contribution in [0.15, 0.2) is 71.6 Å². The second kappa shape index (κ2) is 13.3. The van der Waals surface area contributed by atoms with Crippen LogP contribution < -0.4 is 21.2 Å². The van der Waals surface area contributed by atoms with Gasteiger partial charge in [0.05, 0.1) is 20.8 Å². The van der Waals surface area contributed by atoms with Crippen molar-refractivity contribution in [1.82, 2.24) is 0 Å². The van der Waals surface area contributed by atoms with E-state index in [9.17, 15) is 33.2 Å². The Morgan fingerprint density at radius 3 is 1.37 bits per heavy atom. The van der Waals surface area contributed by atoms with Crippen molar-refractivity contribution in [3.63, 3.8) is 0 Å². The normalized spacial score (nSPS) is 10.8. The van der Waals surface area contributed by atoms with Gasteiger partial charge in [-0.3, -0.25) is 20.2 Å². The minimum atomic E-state index is -4.97. The van der Waals surface area contributed by atoms with Crippen LogP contribution in [0.1, 0.15) is 37.8 Å². The molecule has 0 heterocycles. The quantitative estimate of drug-likeness (QED) is 0.156. The minimum absolute atomic E-state index is 0.0164. The van der Waals surface area contributed by atoms with Gasteiger partial charge in [0.25, 0.3) is 11.4 Å². The first-order chi connectivity index (χ1) is 16.5. The van der Waals surface area contributed by atoms with Crippen molar-refractivity contribution in [3.8, 4) is 0 Å². The van der Waals surface area contributed by atoms with Gasteiger partial charge in [0.15, 0.2) is 7.14 Å². The Hall–Kier alpha value is -2.90. The van der Waals surface area contributed by atoms with Crippen molar-refractivity contribution in [2.75, 3.05) is 0 Å². The maximum Gasteiger partial charge on any atom is 0.357 e. The predicted molar refractivity (Wildman–Crippen MR) is 126 cm³/mol. The first kappa shape index (κ1) is 28.3. The molecule has 3 aromatic carbocycles. The molecule has 0 saturated carbocycles. The Labute approximate surface area is 214 Å². The summed E-state index contributed by atoms with van der Waals surface area (Å²) in [5.74, 6) is 0. The van der Waals surface area contributed by atoms with Crippen LogP contribution in [-0.4, -0.2) is 22.8 Å². The lowest BCUT2D eigenvalue weighted by Gasteiger charge is -2.05. The minimum Gasteiger partial charge on any atom is -0.744 e. The van der Waals surface area contributed by atoms with E-state index in [4.69, 9.17) is 0 Å². The number of aryl methyl sites for hydroxylation is 2. The van der Waals surface area contributed by atoms with Gasteiger partial charge in [-0.25, -0.2) is 8.42 Å². The van der Waals surface area contributed by atoms with Crippen LogP contribution in [0.3, 0.4) is 0 Å². The summed E-state index contributed by atoms with van der Waals surface area (Å²) < 4.78 is 34.8. The maximum absolute atomic E-state index is 10.6. The zero-order valence-electron chi connectivity index (χ0n) is 19.2. The van der Waals surface area contributed by atoms with Crippen LogP contribution in [0.4, 0.5) is 11.4 Å². The summed E-state index contributed by atoms with van der Waals surface area (Å²) >= 11 is -0.0164. The molecule has 0 bridgehead atoms. The first-order valence-corrected chi connectivity index (χ1v) is 14.3. The number of hydrogen-bond acceptors (Lipinski definition) is 7. The zero-order chi connectivity index (χ0) is 26.0. The second-order valence-corrected chi connectivity index (χ2v) is 11.9. The number of rotatable bonds is 9. The molecular formula is C24H25IN2O7S. The molecule has 0 fully saturated rings. The second-order valence-electron chi connectivity index (χ2n) is 7.50. The number of nitro groups is 2. The van der Waals surface area contributed by atoms with Gasteiger partial charge in [0, 0.05) is 12.1 Å². The summed E-state index contributed by atoms with van der Waals surface area (Å²) in [6.45, 7) is 4.47. The zero-order valence-corrected chi connectivity index (χ0v) is 22.2. The molecule has 0 aliphatic heterocycles. The summed E-state index contributed by atoms with van der Waals surface area (Å²) in [7, 11) is -4.97. The summed E-state index contributed by atoms with van der Waals surface area (Å²) in [5.41, 5.74) is 1.27. The highest BCUT2D eigenvalue weighted by Gasteiger charge is 2.19. The summed E-state index contributed by atoms with van der Waals surface area (Å²) in [5, 5.41) is 20.7. The van der Waals surface area contributed by atoms with E-state index in [1.54, 1.807) is 0 Å².